The number of benzene rings is 2. The first-order chi connectivity index (χ1) is 10.5. The molecule has 0 fully saturated rings. The molecule has 5 nitrogen and oxygen atoms in total. The Bertz CT molecular complexity index is 791. The highest BCUT2D eigenvalue weighted by Gasteiger charge is 2.26. The van der Waals surface area contributed by atoms with Crippen LogP contribution < -0.4 is 10.2 Å². The fourth-order valence-electron chi connectivity index (χ4n) is 2.91. The molecule has 1 aliphatic rings. The minimum Gasteiger partial charge on any atom is -0.312 e. The van der Waals surface area contributed by atoms with Gasteiger partial charge in [0.25, 0.3) is 11.8 Å². The molecule has 0 aromatic heterocycles. The van der Waals surface area contributed by atoms with Crippen molar-refractivity contribution in [3.8, 4) is 0 Å². The van der Waals surface area contributed by atoms with Crippen LogP contribution in [0.4, 0.5) is 5.69 Å². The number of carbonyl (C=O) groups is 3. The third-order valence-electron chi connectivity index (χ3n) is 3.85. The van der Waals surface area contributed by atoms with Gasteiger partial charge in [-0.1, -0.05) is 19.1 Å². The van der Waals surface area contributed by atoms with E-state index >= 15 is 0 Å². The molecular formula is C17H16N2O3. The van der Waals surface area contributed by atoms with Crippen molar-refractivity contribution in [2.45, 2.75) is 20.3 Å². The van der Waals surface area contributed by atoms with E-state index in [0.717, 1.165) is 17.5 Å². The summed E-state index contributed by atoms with van der Waals surface area (Å²) in [6.07, 6.45) is 0.821. The summed E-state index contributed by atoms with van der Waals surface area (Å²) in [5, 5.41) is 3.71. The Hall–Kier alpha value is -2.69. The normalized spacial score (nSPS) is 13.2. The van der Waals surface area contributed by atoms with Gasteiger partial charge < -0.3 is 4.90 Å². The number of carbonyl (C=O) groups excluding carboxylic acids is 3. The largest absolute Gasteiger partial charge is 0.312 e. The molecule has 112 valence electrons. The predicted octanol–water partition coefficient (Wildman–Crippen LogP) is 2.49. The molecule has 2 aromatic rings. The van der Waals surface area contributed by atoms with Gasteiger partial charge in [0.1, 0.15) is 0 Å². The first-order valence-corrected chi connectivity index (χ1v) is 7.24. The number of hydrogen-bond donors (Lipinski definition) is 1. The maximum atomic E-state index is 12.0. The summed E-state index contributed by atoms with van der Waals surface area (Å²) in [7, 11) is 0. The summed E-state index contributed by atoms with van der Waals surface area (Å²) in [6, 6.07) is 8.75. The molecular weight excluding hydrogens is 280 g/mol. The summed E-state index contributed by atoms with van der Waals surface area (Å²) < 4.78 is 0. The quantitative estimate of drug-likeness (QED) is 0.885. The summed E-state index contributed by atoms with van der Waals surface area (Å²) in [5.74, 6) is -0.857. The van der Waals surface area contributed by atoms with Gasteiger partial charge in [0, 0.05) is 35.4 Å². The smallest absolute Gasteiger partial charge is 0.258 e. The van der Waals surface area contributed by atoms with Crippen molar-refractivity contribution >= 4 is 34.2 Å². The van der Waals surface area contributed by atoms with Crippen LogP contribution in [0.1, 0.15) is 41.0 Å². The topological polar surface area (TPSA) is 66.5 Å². The van der Waals surface area contributed by atoms with E-state index in [1.807, 2.05) is 13.0 Å². The summed E-state index contributed by atoms with van der Waals surface area (Å²) in [6.45, 7) is 4.11. The Morgan fingerprint density at radius 1 is 1.09 bits per heavy atom. The zero-order valence-electron chi connectivity index (χ0n) is 12.5. The van der Waals surface area contributed by atoms with Crippen LogP contribution in [0.2, 0.25) is 0 Å². The highest BCUT2D eigenvalue weighted by molar-refractivity contribution is 6.27. The van der Waals surface area contributed by atoms with Gasteiger partial charge in [0.05, 0.1) is 5.69 Å². The average Bonchev–Trinajstić information content (AvgIpc) is 2.49. The van der Waals surface area contributed by atoms with Crippen LogP contribution in [0.5, 0.6) is 0 Å². The fraction of sp³-hybridized carbons (Fsp3) is 0.235. The van der Waals surface area contributed by atoms with E-state index in [4.69, 9.17) is 0 Å². The molecule has 2 aromatic carbocycles. The number of amides is 3. The van der Waals surface area contributed by atoms with Crippen LogP contribution in [-0.4, -0.2) is 24.3 Å². The van der Waals surface area contributed by atoms with Crippen molar-refractivity contribution in [1.29, 1.82) is 0 Å². The Morgan fingerprint density at radius 3 is 2.41 bits per heavy atom. The molecule has 0 bridgehead atoms. The molecule has 0 unspecified atom stereocenters. The van der Waals surface area contributed by atoms with E-state index < -0.39 is 11.8 Å². The highest BCUT2D eigenvalue weighted by Crippen LogP contribution is 2.34. The van der Waals surface area contributed by atoms with Gasteiger partial charge in [-0.05, 0) is 24.6 Å². The molecule has 0 saturated heterocycles. The van der Waals surface area contributed by atoms with Gasteiger partial charge in [-0.15, -0.1) is 0 Å². The first-order valence-electron chi connectivity index (χ1n) is 7.24. The molecule has 1 heterocycles. The molecule has 3 amide bonds. The third-order valence-corrected chi connectivity index (χ3v) is 3.85. The maximum Gasteiger partial charge on any atom is 0.258 e. The predicted molar refractivity (Wildman–Crippen MR) is 84.1 cm³/mol. The zero-order valence-corrected chi connectivity index (χ0v) is 12.5. The van der Waals surface area contributed by atoms with Crippen LogP contribution in [0.3, 0.4) is 0 Å². The van der Waals surface area contributed by atoms with Crippen LogP contribution >= 0.6 is 0 Å². The lowest BCUT2D eigenvalue weighted by atomic mass is 9.94. The van der Waals surface area contributed by atoms with Gasteiger partial charge in [0.2, 0.25) is 5.91 Å². The number of hydrogen-bond acceptors (Lipinski definition) is 3. The Morgan fingerprint density at radius 2 is 1.77 bits per heavy atom. The SMILES string of the molecule is CCCN(C(C)=O)c1ccc2c3c(cccc13)C(=O)NC2=O. The second-order valence-electron chi connectivity index (χ2n) is 5.31. The van der Waals surface area contributed by atoms with Gasteiger partial charge in [0.15, 0.2) is 0 Å². The van der Waals surface area contributed by atoms with Crippen molar-refractivity contribution in [2.24, 2.45) is 0 Å². The Labute approximate surface area is 127 Å². The zero-order chi connectivity index (χ0) is 15.9. The lowest BCUT2D eigenvalue weighted by Gasteiger charge is -2.25. The van der Waals surface area contributed by atoms with Gasteiger partial charge in [-0.3, -0.25) is 19.7 Å². The summed E-state index contributed by atoms with van der Waals surface area (Å²) in [4.78, 5) is 37.6. The lowest BCUT2D eigenvalue weighted by Crippen LogP contribution is -2.35. The standard InChI is InChI=1S/C17H16N2O3/c1-3-9-19(10(2)20)14-8-7-13-15-11(14)5-4-6-12(15)16(21)18-17(13)22/h4-8H,3,9H2,1-2H3,(H,18,21,22). The van der Waals surface area contributed by atoms with Crippen LogP contribution in [0.15, 0.2) is 30.3 Å². The molecule has 1 aliphatic heterocycles. The minimum atomic E-state index is -0.398. The number of anilines is 1. The molecule has 5 heteroatoms. The number of nitrogens with zero attached hydrogens (tertiary/aromatic N) is 1. The monoisotopic (exact) mass is 296 g/mol. The van der Waals surface area contributed by atoms with Crippen molar-refractivity contribution in [2.75, 3.05) is 11.4 Å². The molecule has 3 rings (SSSR count). The van der Waals surface area contributed by atoms with E-state index in [2.05, 4.69) is 5.32 Å². The maximum absolute atomic E-state index is 12.0. The van der Waals surface area contributed by atoms with Gasteiger partial charge in [-0.25, -0.2) is 0 Å². The van der Waals surface area contributed by atoms with Gasteiger partial charge >= 0.3 is 0 Å². The molecule has 0 saturated carbocycles. The van der Waals surface area contributed by atoms with Crippen LogP contribution in [0.25, 0.3) is 10.8 Å². The van der Waals surface area contributed by atoms with E-state index in [0.29, 0.717) is 23.1 Å². The van der Waals surface area contributed by atoms with Crippen LogP contribution in [0, 0.1) is 0 Å². The van der Waals surface area contributed by atoms with E-state index in [1.165, 1.54) is 6.92 Å². The second kappa shape index (κ2) is 5.26. The molecule has 0 aliphatic carbocycles. The van der Waals surface area contributed by atoms with Crippen molar-refractivity contribution in [3.05, 3.63) is 41.5 Å². The van der Waals surface area contributed by atoms with Crippen molar-refractivity contribution < 1.29 is 14.4 Å². The van der Waals surface area contributed by atoms with E-state index in [-0.39, 0.29) is 5.91 Å². The summed E-state index contributed by atoms with van der Waals surface area (Å²) in [5.41, 5.74) is 1.67. The van der Waals surface area contributed by atoms with Crippen molar-refractivity contribution in [3.63, 3.8) is 0 Å². The average molecular weight is 296 g/mol. The molecule has 0 radical (unpaired) electrons. The minimum absolute atomic E-state index is 0.0610. The number of imide groups is 1. The number of nitrogens with one attached hydrogen (secondary N) is 1. The number of rotatable bonds is 3. The molecule has 0 atom stereocenters. The van der Waals surface area contributed by atoms with E-state index in [1.54, 1.807) is 29.2 Å². The van der Waals surface area contributed by atoms with Crippen LogP contribution in [-0.2, 0) is 4.79 Å². The first kappa shape index (κ1) is 14.3. The van der Waals surface area contributed by atoms with Crippen molar-refractivity contribution in [1.82, 2.24) is 5.32 Å². The van der Waals surface area contributed by atoms with Gasteiger partial charge in [-0.2, -0.15) is 0 Å². The third kappa shape index (κ3) is 2.06. The second-order valence-corrected chi connectivity index (χ2v) is 5.31. The highest BCUT2D eigenvalue weighted by atomic mass is 16.2. The fourth-order valence-corrected chi connectivity index (χ4v) is 2.91. The molecule has 0 spiro atoms. The Kier molecular flexibility index (Phi) is 3.41. The molecule has 22 heavy (non-hydrogen) atoms. The Balaban J connectivity index is 2.33. The molecule has 1 N–H and O–H groups in total. The summed E-state index contributed by atoms with van der Waals surface area (Å²) >= 11 is 0. The van der Waals surface area contributed by atoms with E-state index in [9.17, 15) is 14.4 Å². The lowest BCUT2D eigenvalue weighted by molar-refractivity contribution is -0.116.